The highest BCUT2D eigenvalue weighted by Crippen LogP contribution is 2.24. The molecule has 0 atom stereocenters. The summed E-state index contributed by atoms with van der Waals surface area (Å²) in [5, 5.41) is 0. The van der Waals surface area contributed by atoms with Crippen molar-refractivity contribution in [2.75, 3.05) is 33.5 Å². The van der Waals surface area contributed by atoms with Crippen molar-refractivity contribution in [3.8, 4) is 11.5 Å². The van der Waals surface area contributed by atoms with E-state index in [1.54, 1.807) is 19.2 Å². The van der Waals surface area contributed by atoms with Crippen LogP contribution in [0, 0.1) is 5.82 Å². The zero-order valence-electron chi connectivity index (χ0n) is 17.9. The molecule has 4 nitrogen and oxygen atoms in total. The summed E-state index contributed by atoms with van der Waals surface area (Å²) in [6, 6.07) is 21.4. The number of nitrogens with zero attached hydrogens (tertiary/aromatic N) is 1. The average Bonchev–Trinajstić information content (AvgIpc) is 2.77. The summed E-state index contributed by atoms with van der Waals surface area (Å²) in [7, 11) is 1.68. The summed E-state index contributed by atoms with van der Waals surface area (Å²) in [6.07, 6.45) is 0.625. The van der Waals surface area contributed by atoms with Crippen molar-refractivity contribution in [1.82, 2.24) is 4.90 Å². The number of halogens is 1. The Kier molecular flexibility index (Phi) is 7.18. The Labute approximate surface area is 183 Å². The van der Waals surface area contributed by atoms with Crippen molar-refractivity contribution in [2.45, 2.75) is 19.5 Å². The zero-order valence-corrected chi connectivity index (χ0v) is 17.9. The van der Waals surface area contributed by atoms with Crippen LogP contribution in [0.5, 0.6) is 11.5 Å². The van der Waals surface area contributed by atoms with Gasteiger partial charge in [-0.25, -0.2) is 4.39 Å². The lowest BCUT2D eigenvalue weighted by Gasteiger charge is -2.23. The Morgan fingerprint density at radius 3 is 2.61 bits per heavy atom. The third-order valence-electron chi connectivity index (χ3n) is 5.42. The van der Waals surface area contributed by atoms with Crippen LogP contribution in [0.4, 0.5) is 4.39 Å². The SMILES string of the molecule is COc1ccc(CN2CCOCCOc3ccc(F)cc3Cc3cccc(c3)C2)cc1. The Morgan fingerprint density at radius 1 is 0.935 bits per heavy atom. The molecule has 3 aromatic rings. The van der Waals surface area contributed by atoms with Gasteiger partial charge in [0, 0.05) is 31.6 Å². The highest BCUT2D eigenvalue weighted by Gasteiger charge is 2.12. The van der Waals surface area contributed by atoms with Crippen molar-refractivity contribution in [3.63, 3.8) is 0 Å². The monoisotopic (exact) mass is 421 g/mol. The fourth-order valence-corrected chi connectivity index (χ4v) is 3.85. The van der Waals surface area contributed by atoms with Gasteiger partial charge in [-0.1, -0.05) is 36.4 Å². The molecule has 0 aliphatic carbocycles. The third-order valence-corrected chi connectivity index (χ3v) is 5.42. The Morgan fingerprint density at radius 2 is 1.77 bits per heavy atom. The smallest absolute Gasteiger partial charge is 0.123 e. The van der Waals surface area contributed by atoms with Crippen molar-refractivity contribution in [2.24, 2.45) is 0 Å². The number of hydrogen-bond donors (Lipinski definition) is 0. The van der Waals surface area contributed by atoms with Crippen LogP contribution in [-0.2, 0) is 24.2 Å². The quantitative estimate of drug-likeness (QED) is 0.606. The maximum Gasteiger partial charge on any atom is 0.123 e. The van der Waals surface area contributed by atoms with E-state index in [9.17, 15) is 4.39 Å². The molecule has 0 saturated heterocycles. The molecule has 5 heteroatoms. The van der Waals surface area contributed by atoms with Crippen LogP contribution >= 0.6 is 0 Å². The van der Waals surface area contributed by atoms with Crippen LogP contribution in [0.1, 0.15) is 22.3 Å². The van der Waals surface area contributed by atoms with Crippen molar-refractivity contribution < 1.29 is 18.6 Å². The van der Waals surface area contributed by atoms with Crippen LogP contribution in [-0.4, -0.2) is 38.4 Å². The van der Waals surface area contributed by atoms with E-state index in [-0.39, 0.29) is 5.82 Å². The molecule has 0 fully saturated rings. The topological polar surface area (TPSA) is 30.9 Å². The van der Waals surface area contributed by atoms with Crippen molar-refractivity contribution >= 4 is 0 Å². The second-order valence-corrected chi connectivity index (χ2v) is 7.77. The molecule has 4 rings (SSSR count). The molecule has 0 saturated carbocycles. The molecule has 0 aromatic heterocycles. The van der Waals surface area contributed by atoms with E-state index in [0.717, 1.165) is 36.5 Å². The molecule has 1 aliphatic heterocycles. The predicted octanol–water partition coefficient (Wildman–Crippen LogP) is 4.84. The number of hydrogen-bond acceptors (Lipinski definition) is 4. The summed E-state index contributed by atoms with van der Waals surface area (Å²) in [5.41, 5.74) is 4.45. The van der Waals surface area contributed by atoms with Gasteiger partial charge >= 0.3 is 0 Å². The molecular weight excluding hydrogens is 393 g/mol. The van der Waals surface area contributed by atoms with Gasteiger partial charge in [-0.2, -0.15) is 0 Å². The summed E-state index contributed by atoms with van der Waals surface area (Å²) in [6.45, 7) is 4.01. The molecular formula is C26H28FNO3. The van der Waals surface area contributed by atoms with E-state index in [4.69, 9.17) is 14.2 Å². The molecule has 0 radical (unpaired) electrons. The predicted molar refractivity (Wildman–Crippen MR) is 119 cm³/mol. The minimum atomic E-state index is -0.249. The number of ether oxygens (including phenoxy) is 3. The maximum absolute atomic E-state index is 13.9. The van der Waals surface area contributed by atoms with Crippen LogP contribution in [0.25, 0.3) is 0 Å². The van der Waals surface area contributed by atoms with E-state index < -0.39 is 0 Å². The fraction of sp³-hybridized carbons (Fsp3) is 0.308. The number of methoxy groups -OCH3 is 1. The fourth-order valence-electron chi connectivity index (χ4n) is 3.85. The lowest BCUT2D eigenvalue weighted by Crippen LogP contribution is -2.27. The van der Waals surface area contributed by atoms with Crippen LogP contribution in [0.15, 0.2) is 66.7 Å². The van der Waals surface area contributed by atoms with E-state index in [1.807, 2.05) is 12.1 Å². The molecule has 3 aromatic carbocycles. The van der Waals surface area contributed by atoms with Gasteiger partial charge in [0.1, 0.15) is 23.9 Å². The summed E-state index contributed by atoms with van der Waals surface area (Å²) in [5.74, 6) is 1.33. The van der Waals surface area contributed by atoms with Gasteiger partial charge in [-0.3, -0.25) is 4.90 Å². The highest BCUT2D eigenvalue weighted by atomic mass is 19.1. The average molecular weight is 422 g/mol. The first-order chi connectivity index (χ1) is 15.2. The van der Waals surface area contributed by atoms with Crippen molar-refractivity contribution in [1.29, 1.82) is 0 Å². The number of rotatable bonds is 3. The van der Waals surface area contributed by atoms with Crippen LogP contribution in [0.2, 0.25) is 0 Å². The van der Waals surface area contributed by atoms with E-state index >= 15 is 0 Å². The molecule has 1 heterocycles. The Balaban J connectivity index is 1.55. The van der Waals surface area contributed by atoms with Gasteiger partial charge < -0.3 is 14.2 Å². The molecule has 0 spiro atoms. The van der Waals surface area contributed by atoms with E-state index in [1.165, 1.54) is 17.2 Å². The van der Waals surface area contributed by atoms with Gasteiger partial charge in [-0.15, -0.1) is 0 Å². The number of benzene rings is 3. The lowest BCUT2D eigenvalue weighted by molar-refractivity contribution is 0.0757. The first kappa shape index (κ1) is 21.3. The van der Waals surface area contributed by atoms with Crippen LogP contribution in [0.3, 0.4) is 0 Å². The molecule has 0 amide bonds. The van der Waals surface area contributed by atoms with Crippen LogP contribution < -0.4 is 9.47 Å². The summed E-state index contributed by atoms with van der Waals surface area (Å²) in [4.78, 5) is 2.38. The van der Waals surface area contributed by atoms with Gasteiger partial charge in [0.15, 0.2) is 0 Å². The lowest BCUT2D eigenvalue weighted by atomic mass is 10.0. The van der Waals surface area contributed by atoms with Gasteiger partial charge in [0.2, 0.25) is 0 Å². The minimum Gasteiger partial charge on any atom is -0.497 e. The minimum absolute atomic E-state index is 0.249. The van der Waals surface area contributed by atoms with E-state index in [2.05, 4.69) is 41.3 Å². The first-order valence-corrected chi connectivity index (χ1v) is 10.6. The summed E-state index contributed by atoms with van der Waals surface area (Å²) >= 11 is 0. The van der Waals surface area contributed by atoms with Gasteiger partial charge in [0.05, 0.1) is 20.3 Å². The maximum atomic E-state index is 13.9. The third kappa shape index (κ3) is 6.06. The second kappa shape index (κ2) is 10.4. The second-order valence-electron chi connectivity index (χ2n) is 7.77. The standard InChI is InChI=1S/C26H28FNO3/c1-29-25-8-5-20(6-9-25)18-28-11-12-30-13-14-31-26-10-7-24(27)17-23(26)16-21-3-2-4-22(15-21)19-28/h2-10,15,17H,11-14,16,18-19H2,1H3. The molecule has 2 bridgehead atoms. The van der Waals surface area contributed by atoms with Gasteiger partial charge in [0.25, 0.3) is 0 Å². The Hall–Kier alpha value is -2.89. The molecule has 0 N–H and O–H groups in total. The molecule has 0 unspecified atom stereocenters. The largest absolute Gasteiger partial charge is 0.497 e. The molecule has 31 heavy (non-hydrogen) atoms. The zero-order chi connectivity index (χ0) is 21.5. The molecule has 162 valence electrons. The van der Waals surface area contributed by atoms with Gasteiger partial charge in [-0.05, 0) is 47.0 Å². The first-order valence-electron chi connectivity index (χ1n) is 10.6. The van der Waals surface area contributed by atoms with Crippen molar-refractivity contribution in [3.05, 3.63) is 94.8 Å². The number of fused-ring (bicyclic) bond motifs is 3. The Bertz CT molecular complexity index is 990. The normalized spacial score (nSPS) is 15.4. The summed E-state index contributed by atoms with van der Waals surface area (Å²) < 4.78 is 30.8. The highest BCUT2D eigenvalue weighted by molar-refractivity contribution is 5.39. The van der Waals surface area contributed by atoms with E-state index in [0.29, 0.717) is 32.0 Å². The molecule has 1 aliphatic rings.